The zero-order valence-corrected chi connectivity index (χ0v) is 26.3. The molecule has 46 heavy (non-hydrogen) atoms. The average molecular weight is 644 g/mol. The summed E-state index contributed by atoms with van der Waals surface area (Å²) in [5, 5.41) is 0.414. The van der Waals surface area contributed by atoms with Gasteiger partial charge in [-0.2, -0.15) is 0 Å². The molecule has 2 saturated heterocycles. The normalized spacial score (nSPS) is 16.4. The summed E-state index contributed by atoms with van der Waals surface area (Å²) in [6.45, 7) is 3.57. The van der Waals surface area contributed by atoms with E-state index in [4.69, 9.17) is 18.6 Å². The number of fused-ring (bicyclic) bond motifs is 1. The van der Waals surface area contributed by atoms with Crippen LogP contribution in [0.2, 0.25) is 0 Å². The van der Waals surface area contributed by atoms with Crippen LogP contribution in [-0.4, -0.2) is 69.4 Å². The lowest BCUT2D eigenvalue weighted by molar-refractivity contribution is -0.0753. The van der Waals surface area contributed by atoms with Gasteiger partial charge in [0.1, 0.15) is 28.6 Å². The van der Waals surface area contributed by atoms with Gasteiger partial charge >= 0.3 is 5.69 Å². The predicted molar refractivity (Wildman–Crippen MR) is 170 cm³/mol. The molecular weight excluding hydrogens is 610 g/mol. The summed E-state index contributed by atoms with van der Waals surface area (Å²) in [7, 11) is 1.61. The van der Waals surface area contributed by atoms with Crippen molar-refractivity contribution in [3.63, 3.8) is 0 Å². The zero-order chi connectivity index (χ0) is 31.8. The number of carbonyl (C=O) groups excluding carboxylic acids is 1. The Morgan fingerprint density at radius 2 is 1.85 bits per heavy atom. The van der Waals surface area contributed by atoms with Crippen molar-refractivity contribution >= 4 is 27.5 Å². The highest BCUT2D eigenvalue weighted by atomic mass is 32.1. The second-order valence-electron chi connectivity index (χ2n) is 11.4. The second-order valence-corrected chi connectivity index (χ2v) is 12.4. The number of aromatic nitrogens is 4. The van der Waals surface area contributed by atoms with E-state index in [1.165, 1.54) is 22.2 Å². The third-order valence-electron chi connectivity index (χ3n) is 8.63. The number of carbonyl (C=O) groups is 1. The number of oxazole rings is 1. The number of hydrogen-bond acceptors (Lipinski definition) is 10. The van der Waals surface area contributed by atoms with Gasteiger partial charge in [-0.1, -0.05) is 24.3 Å². The van der Waals surface area contributed by atoms with Gasteiger partial charge in [-0.25, -0.2) is 9.78 Å². The van der Waals surface area contributed by atoms with E-state index in [1.807, 2.05) is 31.2 Å². The first-order valence-corrected chi connectivity index (χ1v) is 16.0. The molecule has 238 valence electrons. The fourth-order valence-electron chi connectivity index (χ4n) is 6.18. The van der Waals surface area contributed by atoms with Crippen molar-refractivity contribution in [3.05, 3.63) is 98.8 Å². The number of hydrogen-bond donors (Lipinski definition) is 0. The minimum atomic E-state index is -0.567. The van der Waals surface area contributed by atoms with Gasteiger partial charge in [0.15, 0.2) is 0 Å². The Hall–Kier alpha value is -4.59. The standard InChI is InChI=1S/C33H33N5O7S/c1-20-27-31(40)38(21-17-36(18-21)30(39)24-8-5-6-12-34-24)33(41)37(32(27)46-28(20)29-35-13-16-44-29)19-26(45-22-10-14-43-15-11-22)23-7-3-4-9-25(23)42-2/h3-9,12-13,16,21-22,26H,10-11,14-15,17-19H2,1-2H3. The Morgan fingerprint density at radius 3 is 2.57 bits per heavy atom. The number of aryl methyl sites for hydroxylation is 1. The molecule has 5 aromatic rings. The molecule has 0 bridgehead atoms. The third kappa shape index (κ3) is 5.44. The number of ether oxygens (including phenoxy) is 3. The fourth-order valence-corrected chi connectivity index (χ4v) is 7.42. The molecule has 0 aliphatic carbocycles. The topological polar surface area (TPSA) is 131 Å². The SMILES string of the molecule is COc1ccccc1C(Cn1c(=O)n(C2CN(C(=O)c3ccccn3)C2)c(=O)c2c(C)c(-c3ncco3)sc21)OC1CCOCC1. The van der Waals surface area contributed by atoms with Crippen LogP contribution in [0.1, 0.15) is 46.6 Å². The lowest BCUT2D eigenvalue weighted by atomic mass is 10.1. The van der Waals surface area contributed by atoms with Crippen LogP contribution in [0, 0.1) is 6.92 Å². The van der Waals surface area contributed by atoms with Crippen LogP contribution in [0.3, 0.4) is 0 Å². The van der Waals surface area contributed by atoms with E-state index in [2.05, 4.69) is 9.97 Å². The van der Waals surface area contributed by atoms with E-state index in [-0.39, 0.29) is 31.6 Å². The summed E-state index contributed by atoms with van der Waals surface area (Å²) in [5.41, 5.74) is 0.913. The van der Waals surface area contributed by atoms with Crippen LogP contribution in [-0.2, 0) is 16.0 Å². The number of nitrogens with zero attached hydrogens (tertiary/aromatic N) is 5. The molecule has 7 rings (SSSR count). The van der Waals surface area contributed by atoms with Gasteiger partial charge in [-0.3, -0.25) is 23.7 Å². The predicted octanol–water partition coefficient (Wildman–Crippen LogP) is 4.23. The van der Waals surface area contributed by atoms with E-state index in [9.17, 15) is 14.4 Å². The molecule has 2 fully saturated rings. The van der Waals surface area contributed by atoms with E-state index >= 15 is 0 Å². The van der Waals surface area contributed by atoms with Crippen molar-refractivity contribution in [3.8, 4) is 16.5 Å². The molecule has 1 unspecified atom stereocenters. The lowest BCUT2D eigenvalue weighted by Gasteiger charge is -2.39. The van der Waals surface area contributed by atoms with Crippen LogP contribution in [0.5, 0.6) is 5.75 Å². The average Bonchev–Trinajstić information content (AvgIpc) is 3.72. The molecule has 0 N–H and O–H groups in total. The highest BCUT2D eigenvalue weighted by molar-refractivity contribution is 7.22. The molecule has 13 heteroatoms. The van der Waals surface area contributed by atoms with Crippen molar-refractivity contribution in [1.82, 2.24) is 24.0 Å². The van der Waals surface area contributed by atoms with Gasteiger partial charge < -0.3 is 23.5 Å². The summed E-state index contributed by atoms with van der Waals surface area (Å²) in [6, 6.07) is 12.2. The first-order chi connectivity index (χ1) is 22.4. The maximum absolute atomic E-state index is 14.5. The van der Waals surface area contributed by atoms with Crippen molar-refractivity contribution in [1.29, 1.82) is 0 Å². The fraction of sp³-hybridized carbons (Fsp3) is 0.364. The molecule has 2 aliphatic rings. The van der Waals surface area contributed by atoms with Crippen LogP contribution in [0.4, 0.5) is 0 Å². The van der Waals surface area contributed by atoms with Crippen LogP contribution >= 0.6 is 11.3 Å². The second kappa shape index (κ2) is 12.7. The van der Waals surface area contributed by atoms with Crippen molar-refractivity contribution in [2.75, 3.05) is 33.4 Å². The Labute approximate surface area is 267 Å². The number of amides is 1. The Balaban J connectivity index is 1.33. The maximum atomic E-state index is 14.5. The monoisotopic (exact) mass is 643 g/mol. The Morgan fingerprint density at radius 1 is 1.07 bits per heavy atom. The van der Waals surface area contributed by atoms with Crippen molar-refractivity contribution in [2.45, 2.75) is 44.6 Å². The minimum Gasteiger partial charge on any atom is -0.496 e. The van der Waals surface area contributed by atoms with E-state index < -0.39 is 23.4 Å². The maximum Gasteiger partial charge on any atom is 0.332 e. The molecule has 1 atom stereocenters. The van der Waals surface area contributed by atoms with Gasteiger partial charge in [-0.05, 0) is 43.5 Å². The molecule has 6 heterocycles. The quantitative estimate of drug-likeness (QED) is 0.232. The van der Waals surface area contributed by atoms with Gasteiger partial charge in [0.25, 0.3) is 11.5 Å². The van der Waals surface area contributed by atoms with Crippen molar-refractivity contribution in [2.24, 2.45) is 0 Å². The van der Waals surface area contributed by atoms with Gasteiger partial charge in [0, 0.05) is 38.1 Å². The van der Waals surface area contributed by atoms with Crippen LogP contribution in [0.15, 0.2) is 75.1 Å². The number of likely N-dealkylation sites (tertiary alicyclic amines) is 1. The summed E-state index contributed by atoms with van der Waals surface area (Å²) < 4.78 is 26.5. The summed E-state index contributed by atoms with van der Waals surface area (Å²) >= 11 is 1.29. The highest BCUT2D eigenvalue weighted by Gasteiger charge is 2.37. The Bertz CT molecular complexity index is 1970. The van der Waals surface area contributed by atoms with E-state index in [0.29, 0.717) is 51.2 Å². The number of pyridine rings is 1. The van der Waals surface area contributed by atoms with Crippen molar-refractivity contribution < 1.29 is 23.4 Å². The first kappa shape index (κ1) is 30.1. The van der Waals surface area contributed by atoms with Gasteiger partial charge in [0.05, 0.1) is 42.3 Å². The minimum absolute atomic E-state index is 0.0773. The lowest BCUT2D eigenvalue weighted by Crippen LogP contribution is -2.57. The molecule has 4 aromatic heterocycles. The van der Waals surface area contributed by atoms with E-state index in [1.54, 1.807) is 47.2 Å². The Kier molecular flexibility index (Phi) is 8.28. The molecule has 1 amide bonds. The molecule has 12 nitrogen and oxygen atoms in total. The molecule has 0 radical (unpaired) electrons. The molecule has 0 spiro atoms. The number of methoxy groups -OCH3 is 1. The number of thiophene rings is 1. The number of rotatable bonds is 9. The van der Waals surface area contributed by atoms with Gasteiger partial charge in [-0.15, -0.1) is 11.3 Å². The highest BCUT2D eigenvalue weighted by Crippen LogP contribution is 2.38. The first-order valence-electron chi connectivity index (χ1n) is 15.2. The summed E-state index contributed by atoms with van der Waals surface area (Å²) in [6.07, 6.45) is 5.40. The largest absolute Gasteiger partial charge is 0.496 e. The summed E-state index contributed by atoms with van der Waals surface area (Å²) in [5.74, 6) is 0.770. The molecule has 2 aliphatic heterocycles. The number of benzene rings is 1. The molecular formula is C33H33N5O7S. The number of para-hydroxylation sites is 1. The summed E-state index contributed by atoms with van der Waals surface area (Å²) in [4.78, 5) is 52.9. The molecule has 0 saturated carbocycles. The third-order valence-corrected chi connectivity index (χ3v) is 9.93. The smallest absolute Gasteiger partial charge is 0.332 e. The van der Waals surface area contributed by atoms with Crippen LogP contribution < -0.4 is 16.0 Å². The van der Waals surface area contributed by atoms with E-state index in [0.717, 1.165) is 18.4 Å². The van der Waals surface area contributed by atoms with Gasteiger partial charge in [0.2, 0.25) is 5.89 Å². The van der Waals surface area contributed by atoms with Crippen LogP contribution in [0.25, 0.3) is 21.0 Å². The molecule has 1 aromatic carbocycles. The zero-order valence-electron chi connectivity index (χ0n) is 25.5.